The highest BCUT2D eigenvalue weighted by molar-refractivity contribution is 6.45. The number of carboxylic acids is 1. The molecule has 0 aromatic rings. The predicted octanol–water partition coefficient (Wildman–Crippen LogP) is 0.333. The van der Waals surface area contributed by atoms with Gasteiger partial charge in [-0.1, -0.05) is 6.92 Å². The zero-order valence-corrected chi connectivity index (χ0v) is 15.4. The average molecular weight is 342 g/mol. The molecule has 0 saturated heterocycles. The van der Waals surface area contributed by atoms with Gasteiger partial charge in [-0.3, -0.25) is 10.2 Å². The molecule has 9 heteroatoms. The lowest BCUT2D eigenvalue weighted by Gasteiger charge is -2.27. The molecule has 8 nitrogen and oxygen atoms in total. The lowest BCUT2D eigenvalue weighted by Crippen LogP contribution is -2.50. The molecule has 0 radical (unpaired) electrons. The molecule has 2 atom stereocenters. The molecule has 0 aromatic heterocycles. The number of carbonyl (C=O) groups is 2. The number of nitrogens with zero attached hydrogens (tertiary/aromatic N) is 2. The van der Waals surface area contributed by atoms with Crippen molar-refractivity contribution in [2.24, 2.45) is 5.92 Å². The van der Waals surface area contributed by atoms with Crippen LogP contribution in [0.15, 0.2) is 0 Å². The second-order valence-corrected chi connectivity index (χ2v) is 6.40. The van der Waals surface area contributed by atoms with Crippen molar-refractivity contribution in [1.29, 1.82) is 5.41 Å². The number of amidine groups is 1. The van der Waals surface area contributed by atoms with Crippen LogP contribution >= 0.6 is 0 Å². The molecular formula is C15H31BN4O4. The van der Waals surface area contributed by atoms with Gasteiger partial charge in [-0.15, -0.1) is 0 Å². The first kappa shape index (κ1) is 22.4. The molecule has 4 N–H and O–H groups in total. The van der Waals surface area contributed by atoms with Crippen LogP contribution in [0.4, 0.5) is 0 Å². The first-order valence-corrected chi connectivity index (χ1v) is 8.22. The molecule has 1 amide bonds. The molecule has 0 aliphatic rings. The minimum atomic E-state index is -1.10. The second-order valence-electron chi connectivity index (χ2n) is 6.40. The third-order valence-electron chi connectivity index (χ3n) is 4.04. The van der Waals surface area contributed by atoms with Crippen molar-refractivity contribution in [2.45, 2.75) is 46.0 Å². The first-order chi connectivity index (χ1) is 11.1. The Kier molecular flexibility index (Phi) is 10.3. The van der Waals surface area contributed by atoms with E-state index in [0.717, 1.165) is 19.4 Å². The van der Waals surface area contributed by atoms with E-state index in [0.29, 0.717) is 5.84 Å². The Morgan fingerprint density at radius 1 is 1.33 bits per heavy atom. The van der Waals surface area contributed by atoms with Gasteiger partial charge in [0.05, 0.1) is 5.84 Å². The van der Waals surface area contributed by atoms with Gasteiger partial charge in [0.2, 0.25) is 5.91 Å². The normalized spacial score (nSPS) is 13.1. The van der Waals surface area contributed by atoms with Gasteiger partial charge in [-0.2, -0.15) is 0 Å². The summed E-state index contributed by atoms with van der Waals surface area (Å²) in [5, 5.41) is 28.6. The topological polar surface area (TPSA) is 117 Å². The fourth-order valence-corrected chi connectivity index (χ4v) is 2.23. The maximum Gasteiger partial charge on any atom is 0.373 e. The van der Waals surface area contributed by atoms with Crippen LogP contribution in [0, 0.1) is 11.3 Å². The van der Waals surface area contributed by atoms with Gasteiger partial charge >= 0.3 is 13.0 Å². The van der Waals surface area contributed by atoms with Crippen LogP contribution in [0.1, 0.15) is 33.1 Å². The molecule has 0 saturated carbocycles. The Hall–Kier alpha value is -1.61. The molecule has 0 aromatic carbocycles. The van der Waals surface area contributed by atoms with E-state index in [4.69, 9.17) is 5.41 Å². The number of likely N-dealkylation sites (N-methyl/N-ethyl adjacent to an activating group) is 1. The van der Waals surface area contributed by atoms with Crippen molar-refractivity contribution in [2.75, 3.05) is 27.2 Å². The highest BCUT2D eigenvalue weighted by atomic mass is 16.4. The largest absolute Gasteiger partial charge is 0.480 e. The van der Waals surface area contributed by atoms with E-state index < -0.39 is 19.1 Å². The third kappa shape index (κ3) is 8.88. The SMILES string of the molecule is CB(O)NCC(C(=O)O)N(C)C(=O)C[C@H](C)CCCN(C)C(C)=N. The second kappa shape index (κ2) is 11.0. The molecule has 0 spiro atoms. The molecule has 1 unspecified atom stereocenters. The van der Waals surface area contributed by atoms with Gasteiger partial charge in [0, 0.05) is 33.6 Å². The number of hydrogen-bond acceptors (Lipinski definition) is 5. The molecule has 138 valence electrons. The summed E-state index contributed by atoms with van der Waals surface area (Å²) in [6.07, 6.45) is 1.99. The van der Waals surface area contributed by atoms with Gasteiger partial charge in [0.25, 0.3) is 0 Å². The Morgan fingerprint density at radius 3 is 2.38 bits per heavy atom. The van der Waals surface area contributed by atoms with Crippen LogP contribution < -0.4 is 5.23 Å². The van der Waals surface area contributed by atoms with E-state index in [2.05, 4.69) is 5.23 Å². The number of aliphatic carboxylic acids is 1. The minimum absolute atomic E-state index is 0.00692. The molecule has 24 heavy (non-hydrogen) atoms. The van der Waals surface area contributed by atoms with Gasteiger partial charge in [0.1, 0.15) is 6.04 Å². The zero-order chi connectivity index (χ0) is 18.9. The number of hydrogen-bond donors (Lipinski definition) is 4. The Bertz CT molecular complexity index is 434. The van der Waals surface area contributed by atoms with Crippen molar-refractivity contribution < 1.29 is 19.7 Å². The van der Waals surface area contributed by atoms with Crippen molar-refractivity contribution in [1.82, 2.24) is 15.0 Å². The van der Waals surface area contributed by atoms with Gasteiger partial charge in [-0.05, 0) is 32.5 Å². The number of carboxylic acid groups (broad SMARTS) is 1. The van der Waals surface area contributed by atoms with Gasteiger partial charge in [-0.25, -0.2) is 4.79 Å². The molecular weight excluding hydrogens is 311 g/mol. The number of carbonyl (C=O) groups excluding carboxylic acids is 1. The summed E-state index contributed by atoms with van der Waals surface area (Å²) in [5.41, 5.74) is 0. The molecule has 0 aliphatic carbocycles. The third-order valence-corrected chi connectivity index (χ3v) is 4.04. The van der Waals surface area contributed by atoms with Crippen molar-refractivity contribution in [3.8, 4) is 0 Å². The Labute approximate surface area is 144 Å². The van der Waals surface area contributed by atoms with Crippen LogP contribution in [-0.4, -0.2) is 77.9 Å². The summed E-state index contributed by atoms with van der Waals surface area (Å²) < 4.78 is 0. The summed E-state index contributed by atoms with van der Waals surface area (Å²) in [6.45, 7) is 5.95. The van der Waals surface area contributed by atoms with E-state index in [1.54, 1.807) is 6.92 Å². The Balaban J connectivity index is 4.39. The van der Waals surface area contributed by atoms with Gasteiger partial charge < -0.3 is 25.2 Å². The van der Waals surface area contributed by atoms with E-state index in [1.165, 1.54) is 18.8 Å². The number of amides is 1. The summed E-state index contributed by atoms with van der Waals surface area (Å²) in [6, 6.07) is -1.01. The van der Waals surface area contributed by atoms with Crippen molar-refractivity contribution >= 4 is 24.8 Å². The van der Waals surface area contributed by atoms with Crippen molar-refractivity contribution in [3.05, 3.63) is 0 Å². The highest BCUT2D eigenvalue weighted by Crippen LogP contribution is 2.13. The number of nitrogens with one attached hydrogen (secondary N) is 2. The first-order valence-electron chi connectivity index (χ1n) is 8.22. The summed E-state index contributed by atoms with van der Waals surface area (Å²) >= 11 is 0. The van der Waals surface area contributed by atoms with E-state index in [9.17, 15) is 19.7 Å². The summed E-state index contributed by atoms with van der Waals surface area (Å²) in [5.74, 6) is -0.680. The maximum atomic E-state index is 12.3. The molecule has 0 rings (SSSR count). The molecule has 0 heterocycles. The lowest BCUT2D eigenvalue weighted by atomic mass is 9.88. The molecule has 0 fully saturated rings. The van der Waals surface area contributed by atoms with E-state index in [-0.39, 0.29) is 24.8 Å². The van der Waals surface area contributed by atoms with Crippen LogP contribution in [0.5, 0.6) is 0 Å². The Morgan fingerprint density at radius 2 is 1.92 bits per heavy atom. The fourth-order valence-electron chi connectivity index (χ4n) is 2.23. The quantitative estimate of drug-likeness (QED) is 0.244. The highest BCUT2D eigenvalue weighted by Gasteiger charge is 2.27. The minimum Gasteiger partial charge on any atom is -0.480 e. The van der Waals surface area contributed by atoms with Gasteiger partial charge in [0.15, 0.2) is 0 Å². The van der Waals surface area contributed by atoms with Crippen LogP contribution in [0.3, 0.4) is 0 Å². The zero-order valence-electron chi connectivity index (χ0n) is 15.4. The molecule has 0 aliphatic heterocycles. The standard InChI is InChI=1S/C15H31BN4O4/c1-11(7-6-8-19(4)12(2)17)9-14(21)20(5)13(15(22)23)10-18-16(3)24/h11,13,17-18,24H,6-10H2,1-5H3,(H,22,23)/t11-,13?/m1/s1. The molecule has 0 bridgehead atoms. The lowest BCUT2D eigenvalue weighted by molar-refractivity contribution is -0.149. The summed E-state index contributed by atoms with van der Waals surface area (Å²) in [7, 11) is 2.51. The van der Waals surface area contributed by atoms with Crippen molar-refractivity contribution in [3.63, 3.8) is 0 Å². The van der Waals surface area contributed by atoms with E-state index >= 15 is 0 Å². The predicted molar refractivity (Wildman–Crippen MR) is 95.1 cm³/mol. The fraction of sp³-hybridized carbons (Fsp3) is 0.800. The average Bonchev–Trinajstić information content (AvgIpc) is 2.45. The summed E-state index contributed by atoms with van der Waals surface area (Å²) in [4.78, 5) is 26.7. The van der Waals surface area contributed by atoms with E-state index in [1.807, 2.05) is 18.9 Å². The van der Waals surface area contributed by atoms with Crippen LogP contribution in [0.2, 0.25) is 6.82 Å². The van der Waals surface area contributed by atoms with Crippen LogP contribution in [-0.2, 0) is 9.59 Å². The number of rotatable bonds is 11. The van der Waals surface area contributed by atoms with Crippen LogP contribution in [0.25, 0.3) is 0 Å². The monoisotopic (exact) mass is 342 g/mol. The maximum absolute atomic E-state index is 12.3. The smallest absolute Gasteiger partial charge is 0.373 e.